The van der Waals surface area contributed by atoms with Crippen LogP contribution in [0.15, 0.2) is 12.1 Å². The van der Waals surface area contributed by atoms with Crippen molar-refractivity contribution < 1.29 is 14.3 Å². The van der Waals surface area contributed by atoms with Crippen molar-refractivity contribution in [2.24, 2.45) is 5.92 Å². The van der Waals surface area contributed by atoms with Crippen molar-refractivity contribution in [1.82, 2.24) is 4.90 Å². The molecule has 0 saturated heterocycles. The number of rotatable bonds is 6. The third kappa shape index (κ3) is 3.84. The first-order valence-electron chi connectivity index (χ1n) is 6.46. The molecule has 0 fully saturated rings. The lowest BCUT2D eigenvalue weighted by Gasteiger charge is -2.27. The molecule has 0 aliphatic heterocycles. The lowest BCUT2D eigenvalue weighted by molar-refractivity contribution is 0.0698. The van der Waals surface area contributed by atoms with Crippen LogP contribution >= 0.6 is 0 Å². The Balaban J connectivity index is 3.13. The van der Waals surface area contributed by atoms with Gasteiger partial charge in [0.25, 0.3) is 0 Å². The van der Waals surface area contributed by atoms with Crippen LogP contribution in [-0.2, 0) is 0 Å². The summed E-state index contributed by atoms with van der Waals surface area (Å²) < 4.78 is 13.4. The Bertz CT molecular complexity index is 490. The first kappa shape index (κ1) is 16.2. The van der Waals surface area contributed by atoms with Crippen molar-refractivity contribution in [2.75, 3.05) is 31.7 Å². The van der Waals surface area contributed by atoms with Gasteiger partial charge in [0.1, 0.15) is 11.4 Å². The number of carbonyl (C=O) groups is 1. The van der Waals surface area contributed by atoms with Gasteiger partial charge in [-0.25, -0.2) is 9.18 Å². The van der Waals surface area contributed by atoms with Crippen LogP contribution in [0.5, 0.6) is 0 Å². The number of carboxylic acid groups (broad SMARTS) is 1. The number of nitrogens with one attached hydrogen (secondary N) is 1. The zero-order valence-electron chi connectivity index (χ0n) is 12.3. The maximum absolute atomic E-state index is 13.4. The monoisotopic (exact) mass is 283 g/mol. The van der Waals surface area contributed by atoms with Gasteiger partial charge in [-0.2, -0.15) is 0 Å². The van der Waals surface area contributed by atoms with E-state index in [-0.39, 0.29) is 23.2 Å². The summed E-state index contributed by atoms with van der Waals surface area (Å²) >= 11 is 0. The molecule has 4 N–H and O–H groups in total. The van der Waals surface area contributed by atoms with Crippen molar-refractivity contribution in [3.63, 3.8) is 0 Å². The second kappa shape index (κ2) is 6.56. The van der Waals surface area contributed by atoms with Gasteiger partial charge in [-0.15, -0.1) is 0 Å². The first-order chi connectivity index (χ1) is 9.23. The van der Waals surface area contributed by atoms with Gasteiger partial charge in [-0.05, 0) is 32.1 Å². The molecule has 1 aromatic carbocycles. The van der Waals surface area contributed by atoms with E-state index in [0.717, 1.165) is 6.54 Å². The zero-order valence-corrected chi connectivity index (χ0v) is 12.3. The average Bonchev–Trinajstić information content (AvgIpc) is 2.31. The largest absolute Gasteiger partial charge is 0.478 e. The highest BCUT2D eigenvalue weighted by molar-refractivity contribution is 6.00. The van der Waals surface area contributed by atoms with Gasteiger partial charge >= 0.3 is 5.97 Å². The molecule has 0 amide bonds. The molecule has 1 rings (SSSR count). The number of halogens is 1. The summed E-state index contributed by atoms with van der Waals surface area (Å²) in [5, 5.41) is 12.4. The predicted molar refractivity (Wildman–Crippen MR) is 78.6 cm³/mol. The van der Waals surface area contributed by atoms with Gasteiger partial charge in [-0.1, -0.05) is 13.8 Å². The lowest BCUT2D eigenvalue weighted by Crippen LogP contribution is -2.37. The molecule has 0 aliphatic rings. The molecule has 0 saturated carbocycles. The number of benzene rings is 1. The number of carboxylic acids is 1. The summed E-state index contributed by atoms with van der Waals surface area (Å²) in [5.74, 6) is -1.68. The van der Waals surface area contributed by atoms with E-state index in [2.05, 4.69) is 5.32 Å². The number of hydrogen-bond acceptors (Lipinski definition) is 4. The highest BCUT2D eigenvalue weighted by atomic mass is 19.1. The van der Waals surface area contributed by atoms with E-state index in [1.54, 1.807) is 0 Å². The summed E-state index contributed by atoms with van der Waals surface area (Å²) in [6.45, 7) is 4.80. The van der Waals surface area contributed by atoms with Crippen molar-refractivity contribution in [2.45, 2.75) is 19.9 Å². The molecule has 0 heterocycles. The van der Waals surface area contributed by atoms with Gasteiger partial charge in [0, 0.05) is 12.6 Å². The van der Waals surface area contributed by atoms with Gasteiger partial charge < -0.3 is 21.1 Å². The average molecular weight is 283 g/mol. The molecule has 0 aromatic heterocycles. The molecule has 20 heavy (non-hydrogen) atoms. The quantitative estimate of drug-likeness (QED) is 0.697. The highest BCUT2D eigenvalue weighted by Gasteiger charge is 2.21. The van der Waals surface area contributed by atoms with E-state index >= 15 is 0 Å². The Morgan fingerprint density at radius 1 is 1.45 bits per heavy atom. The van der Waals surface area contributed by atoms with Gasteiger partial charge in [-0.3, -0.25) is 0 Å². The molecule has 0 aliphatic carbocycles. The van der Waals surface area contributed by atoms with Gasteiger partial charge in [0.2, 0.25) is 0 Å². The highest BCUT2D eigenvalue weighted by Crippen LogP contribution is 2.26. The molecule has 112 valence electrons. The Morgan fingerprint density at radius 2 is 2.05 bits per heavy atom. The summed E-state index contributed by atoms with van der Waals surface area (Å²) in [4.78, 5) is 13.3. The molecular formula is C14H22FN3O2. The number of hydrogen-bond donors (Lipinski definition) is 3. The van der Waals surface area contributed by atoms with Crippen LogP contribution in [0.25, 0.3) is 0 Å². The zero-order chi connectivity index (χ0) is 15.4. The van der Waals surface area contributed by atoms with Crippen molar-refractivity contribution in [3.8, 4) is 0 Å². The van der Waals surface area contributed by atoms with Crippen LogP contribution in [0.4, 0.5) is 15.8 Å². The number of nitrogen functional groups attached to an aromatic ring is 1. The SMILES string of the molecule is CC(C)C(CN(C)C)Nc1ccc(F)c(N)c1C(=O)O. The molecule has 1 atom stereocenters. The van der Waals surface area contributed by atoms with E-state index in [1.165, 1.54) is 12.1 Å². The standard InChI is InChI=1S/C14H22FN3O2/c1-8(2)11(7-18(3)4)17-10-6-5-9(15)13(16)12(10)14(19)20/h5-6,8,11,17H,7,16H2,1-4H3,(H,19,20). The maximum Gasteiger partial charge on any atom is 0.340 e. The molecule has 0 bridgehead atoms. The Morgan fingerprint density at radius 3 is 2.50 bits per heavy atom. The van der Waals surface area contributed by atoms with Gasteiger partial charge in [0.05, 0.1) is 11.4 Å². The summed E-state index contributed by atoms with van der Waals surface area (Å²) in [5.41, 5.74) is 5.32. The maximum atomic E-state index is 13.4. The van der Waals surface area contributed by atoms with Crippen molar-refractivity contribution >= 4 is 17.3 Å². The molecule has 0 radical (unpaired) electrons. The Hall–Kier alpha value is -1.82. The fourth-order valence-electron chi connectivity index (χ4n) is 1.96. The van der Waals surface area contributed by atoms with E-state index in [9.17, 15) is 14.3 Å². The minimum absolute atomic E-state index is 0.0351. The molecule has 1 unspecified atom stereocenters. The molecule has 0 spiro atoms. The summed E-state index contributed by atoms with van der Waals surface area (Å²) in [6, 6.07) is 2.63. The number of likely N-dealkylation sites (N-methyl/N-ethyl adjacent to an activating group) is 1. The second-order valence-electron chi connectivity index (χ2n) is 5.45. The lowest BCUT2D eigenvalue weighted by atomic mass is 10.0. The first-order valence-corrected chi connectivity index (χ1v) is 6.46. The van der Waals surface area contributed by atoms with Crippen LogP contribution in [0, 0.1) is 11.7 Å². The van der Waals surface area contributed by atoms with Crippen LogP contribution < -0.4 is 11.1 Å². The summed E-state index contributed by atoms with van der Waals surface area (Å²) in [6.07, 6.45) is 0. The number of aromatic carboxylic acids is 1. The number of nitrogens with zero attached hydrogens (tertiary/aromatic N) is 1. The Labute approximate surface area is 118 Å². The predicted octanol–water partition coefficient (Wildman–Crippen LogP) is 2.10. The second-order valence-corrected chi connectivity index (χ2v) is 5.45. The van der Waals surface area contributed by atoms with E-state index in [1.807, 2.05) is 32.8 Å². The van der Waals surface area contributed by atoms with Gasteiger partial charge in [0.15, 0.2) is 0 Å². The van der Waals surface area contributed by atoms with Crippen LogP contribution in [-0.4, -0.2) is 42.7 Å². The minimum Gasteiger partial charge on any atom is -0.478 e. The van der Waals surface area contributed by atoms with E-state index in [0.29, 0.717) is 5.69 Å². The number of anilines is 2. The molecule has 6 heteroatoms. The van der Waals surface area contributed by atoms with E-state index in [4.69, 9.17) is 5.73 Å². The minimum atomic E-state index is -1.24. The third-order valence-corrected chi connectivity index (χ3v) is 3.11. The molecule has 1 aromatic rings. The van der Waals surface area contributed by atoms with Crippen molar-refractivity contribution in [1.29, 1.82) is 0 Å². The van der Waals surface area contributed by atoms with Crippen LogP contribution in [0.1, 0.15) is 24.2 Å². The fraction of sp³-hybridized carbons (Fsp3) is 0.500. The third-order valence-electron chi connectivity index (χ3n) is 3.11. The molecule has 5 nitrogen and oxygen atoms in total. The topological polar surface area (TPSA) is 78.6 Å². The van der Waals surface area contributed by atoms with Crippen LogP contribution in [0.2, 0.25) is 0 Å². The summed E-state index contributed by atoms with van der Waals surface area (Å²) in [7, 11) is 3.88. The van der Waals surface area contributed by atoms with Crippen molar-refractivity contribution in [3.05, 3.63) is 23.5 Å². The van der Waals surface area contributed by atoms with Crippen LogP contribution in [0.3, 0.4) is 0 Å². The van der Waals surface area contributed by atoms with E-state index < -0.39 is 11.8 Å². The Kier molecular flexibility index (Phi) is 5.33. The number of nitrogens with two attached hydrogens (primary N) is 1. The fourth-order valence-corrected chi connectivity index (χ4v) is 1.96. The smallest absolute Gasteiger partial charge is 0.340 e. The normalized spacial score (nSPS) is 12.8. The molecular weight excluding hydrogens is 261 g/mol.